The fourth-order valence-corrected chi connectivity index (χ4v) is 4.26. The zero-order valence-electron chi connectivity index (χ0n) is 12.3. The molecule has 118 valence electrons. The van der Waals surface area contributed by atoms with Crippen LogP contribution in [0.4, 0.5) is 4.39 Å². The van der Waals surface area contributed by atoms with E-state index in [-0.39, 0.29) is 23.4 Å². The van der Waals surface area contributed by atoms with Crippen molar-refractivity contribution in [3.8, 4) is 0 Å². The Kier molecular flexibility index (Phi) is 5.35. The van der Waals surface area contributed by atoms with Crippen LogP contribution in [0.3, 0.4) is 0 Å². The smallest absolute Gasteiger partial charge is 0.243 e. The molecule has 1 aliphatic rings. The van der Waals surface area contributed by atoms with Gasteiger partial charge in [-0.05, 0) is 36.5 Å². The summed E-state index contributed by atoms with van der Waals surface area (Å²) in [5, 5.41) is 0. The van der Waals surface area contributed by atoms with Gasteiger partial charge < -0.3 is 5.73 Å². The van der Waals surface area contributed by atoms with E-state index < -0.39 is 15.8 Å². The first kappa shape index (κ1) is 16.4. The Balaban J connectivity index is 2.21. The first-order valence-corrected chi connectivity index (χ1v) is 8.93. The lowest BCUT2D eigenvalue weighted by Gasteiger charge is -2.22. The highest BCUT2D eigenvalue weighted by molar-refractivity contribution is 7.89. The number of hydrogen-bond donors (Lipinski definition) is 2. The molecule has 0 heterocycles. The molecule has 0 aliphatic heterocycles. The molecule has 0 aromatic heterocycles. The lowest BCUT2D eigenvalue weighted by Crippen LogP contribution is -2.39. The predicted molar refractivity (Wildman–Crippen MR) is 80.6 cm³/mol. The normalized spacial score (nSPS) is 23.8. The van der Waals surface area contributed by atoms with Crippen molar-refractivity contribution < 1.29 is 12.8 Å². The van der Waals surface area contributed by atoms with Crippen molar-refractivity contribution in [2.24, 2.45) is 11.7 Å². The fraction of sp³-hybridized carbons (Fsp3) is 0.600. The number of nitrogens with two attached hydrogens (primary N) is 1. The molecule has 2 atom stereocenters. The number of sulfonamides is 1. The van der Waals surface area contributed by atoms with Crippen molar-refractivity contribution in [1.29, 1.82) is 0 Å². The maximum Gasteiger partial charge on any atom is 0.243 e. The third-order valence-electron chi connectivity index (χ3n) is 4.19. The minimum absolute atomic E-state index is 0.119. The largest absolute Gasteiger partial charge is 0.326 e. The van der Waals surface area contributed by atoms with E-state index in [1.807, 2.05) is 6.92 Å². The average molecular weight is 314 g/mol. The minimum atomic E-state index is -3.83. The van der Waals surface area contributed by atoms with Gasteiger partial charge in [-0.25, -0.2) is 17.5 Å². The third kappa shape index (κ3) is 4.02. The number of nitrogens with one attached hydrogen (secondary N) is 1. The van der Waals surface area contributed by atoms with E-state index in [2.05, 4.69) is 4.72 Å². The molecule has 0 spiro atoms. The van der Waals surface area contributed by atoms with Crippen LogP contribution in [0.2, 0.25) is 0 Å². The first-order chi connectivity index (χ1) is 9.94. The van der Waals surface area contributed by atoms with Gasteiger partial charge in [-0.15, -0.1) is 0 Å². The Morgan fingerprint density at radius 1 is 1.29 bits per heavy atom. The molecule has 2 unspecified atom stereocenters. The standard InChI is InChI=1S/C15H23FN2O2S/c1-11-5-3-2-4-6-14(11)18-21(19,20)15-8-7-12(10-17)9-13(15)16/h7-9,11,14,18H,2-6,10,17H2,1H3. The fourth-order valence-electron chi connectivity index (χ4n) is 2.82. The zero-order chi connectivity index (χ0) is 15.5. The summed E-state index contributed by atoms with van der Waals surface area (Å²) in [6.07, 6.45) is 5.07. The maximum atomic E-state index is 14.0. The van der Waals surface area contributed by atoms with Gasteiger partial charge in [-0.2, -0.15) is 0 Å². The molecular formula is C15H23FN2O2S. The minimum Gasteiger partial charge on any atom is -0.326 e. The molecule has 1 aromatic carbocycles. The summed E-state index contributed by atoms with van der Waals surface area (Å²) < 4.78 is 41.5. The van der Waals surface area contributed by atoms with E-state index in [4.69, 9.17) is 5.73 Å². The summed E-state index contributed by atoms with van der Waals surface area (Å²) in [6.45, 7) is 2.23. The maximum absolute atomic E-state index is 14.0. The quantitative estimate of drug-likeness (QED) is 0.839. The Labute approximate surface area is 126 Å². The van der Waals surface area contributed by atoms with Crippen LogP contribution >= 0.6 is 0 Å². The zero-order valence-corrected chi connectivity index (χ0v) is 13.1. The van der Waals surface area contributed by atoms with Crippen molar-refractivity contribution in [2.75, 3.05) is 0 Å². The van der Waals surface area contributed by atoms with Gasteiger partial charge in [0.1, 0.15) is 10.7 Å². The van der Waals surface area contributed by atoms with Gasteiger partial charge in [-0.1, -0.05) is 32.3 Å². The van der Waals surface area contributed by atoms with Gasteiger partial charge in [0.15, 0.2) is 0 Å². The monoisotopic (exact) mass is 314 g/mol. The molecule has 0 bridgehead atoms. The molecule has 2 rings (SSSR count). The van der Waals surface area contributed by atoms with Crippen LogP contribution in [0.5, 0.6) is 0 Å². The second-order valence-corrected chi connectivity index (χ2v) is 7.49. The second kappa shape index (κ2) is 6.85. The molecule has 1 aromatic rings. The van der Waals surface area contributed by atoms with E-state index in [1.165, 1.54) is 12.1 Å². The lowest BCUT2D eigenvalue weighted by atomic mass is 9.98. The number of halogens is 1. The van der Waals surface area contributed by atoms with Crippen LogP contribution in [0, 0.1) is 11.7 Å². The summed E-state index contributed by atoms with van der Waals surface area (Å²) >= 11 is 0. The summed E-state index contributed by atoms with van der Waals surface area (Å²) in [7, 11) is -3.83. The summed E-state index contributed by atoms with van der Waals surface area (Å²) in [5.74, 6) is -0.472. The lowest BCUT2D eigenvalue weighted by molar-refractivity contribution is 0.398. The summed E-state index contributed by atoms with van der Waals surface area (Å²) in [6, 6.07) is 3.91. The molecular weight excluding hydrogens is 291 g/mol. The molecule has 1 saturated carbocycles. The SMILES string of the molecule is CC1CCCCCC1NS(=O)(=O)c1ccc(CN)cc1F. The molecule has 4 nitrogen and oxygen atoms in total. The number of rotatable bonds is 4. The van der Waals surface area contributed by atoms with Crippen molar-refractivity contribution in [3.05, 3.63) is 29.6 Å². The van der Waals surface area contributed by atoms with Gasteiger partial charge in [0.2, 0.25) is 10.0 Å². The van der Waals surface area contributed by atoms with Crippen LogP contribution in [0.1, 0.15) is 44.6 Å². The molecule has 1 fully saturated rings. The van der Waals surface area contributed by atoms with Crippen molar-refractivity contribution in [2.45, 2.75) is 56.5 Å². The highest BCUT2D eigenvalue weighted by atomic mass is 32.2. The van der Waals surface area contributed by atoms with Crippen LogP contribution in [0.15, 0.2) is 23.1 Å². The molecule has 1 aliphatic carbocycles. The van der Waals surface area contributed by atoms with Crippen molar-refractivity contribution in [3.63, 3.8) is 0 Å². The Morgan fingerprint density at radius 2 is 2.00 bits per heavy atom. The van der Waals surface area contributed by atoms with Gasteiger partial charge in [0.05, 0.1) is 0 Å². The predicted octanol–water partition coefficient (Wildman–Crippen LogP) is 2.53. The van der Waals surface area contributed by atoms with Crippen LogP contribution in [0.25, 0.3) is 0 Å². The van der Waals surface area contributed by atoms with Crippen LogP contribution in [-0.2, 0) is 16.6 Å². The molecule has 0 radical (unpaired) electrons. The van der Waals surface area contributed by atoms with Crippen molar-refractivity contribution >= 4 is 10.0 Å². The van der Waals surface area contributed by atoms with Crippen molar-refractivity contribution in [1.82, 2.24) is 4.72 Å². The van der Waals surface area contributed by atoms with Gasteiger partial charge in [0.25, 0.3) is 0 Å². The third-order valence-corrected chi connectivity index (χ3v) is 5.71. The first-order valence-electron chi connectivity index (χ1n) is 7.45. The summed E-state index contributed by atoms with van der Waals surface area (Å²) in [5.41, 5.74) is 6.01. The Bertz CT molecular complexity index is 589. The highest BCUT2D eigenvalue weighted by Gasteiger charge is 2.27. The number of hydrogen-bond acceptors (Lipinski definition) is 3. The highest BCUT2D eigenvalue weighted by Crippen LogP contribution is 2.25. The number of benzene rings is 1. The van der Waals surface area contributed by atoms with E-state index in [1.54, 1.807) is 6.07 Å². The second-order valence-electron chi connectivity index (χ2n) is 5.81. The molecule has 0 amide bonds. The molecule has 6 heteroatoms. The Morgan fingerprint density at radius 3 is 2.67 bits per heavy atom. The molecule has 3 N–H and O–H groups in total. The van der Waals surface area contributed by atoms with Crippen LogP contribution < -0.4 is 10.5 Å². The van der Waals surface area contributed by atoms with E-state index in [9.17, 15) is 12.8 Å². The average Bonchev–Trinajstić information content (AvgIpc) is 2.63. The van der Waals surface area contributed by atoms with E-state index >= 15 is 0 Å². The van der Waals surface area contributed by atoms with E-state index in [0.717, 1.165) is 32.1 Å². The van der Waals surface area contributed by atoms with Gasteiger partial charge in [0, 0.05) is 12.6 Å². The van der Waals surface area contributed by atoms with Crippen LogP contribution in [-0.4, -0.2) is 14.5 Å². The molecule has 21 heavy (non-hydrogen) atoms. The Hall–Kier alpha value is -0.980. The molecule has 0 saturated heterocycles. The topological polar surface area (TPSA) is 72.2 Å². The van der Waals surface area contributed by atoms with E-state index in [0.29, 0.717) is 5.56 Å². The summed E-state index contributed by atoms with van der Waals surface area (Å²) in [4.78, 5) is -0.295. The van der Waals surface area contributed by atoms with Gasteiger partial charge in [-0.3, -0.25) is 0 Å². The van der Waals surface area contributed by atoms with Gasteiger partial charge >= 0.3 is 0 Å².